The van der Waals surface area contributed by atoms with Crippen molar-refractivity contribution < 1.29 is 9.13 Å². The standard InChI is InChI=1S/C24H28FN5OS/c1-17-8-14-32-22(17)16-29-9-7-21-20(15-29)23(31-19-5-3-18(25)4-6-19)27-24(26-21)30-12-10-28(2)11-13-30/h3-6,8,14H,7,9-13,15-16H2,1-2H3. The van der Waals surface area contributed by atoms with Gasteiger partial charge in [-0.15, -0.1) is 11.3 Å². The van der Waals surface area contributed by atoms with E-state index in [4.69, 9.17) is 14.7 Å². The monoisotopic (exact) mass is 453 g/mol. The van der Waals surface area contributed by atoms with Crippen molar-refractivity contribution >= 4 is 17.3 Å². The molecule has 0 spiro atoms. The molecule has 0 radical (unpaired) electrons. The topological polar surface area (TPSA) is 44.7 Å². The molecular formula is C24H28FN5OS. The number of likely N-dealkylation sites (N-methyl/N-ethyl adjacent to an activating group) is 1. The third-order valence-electron chi connectivity index (χ3n) is 6.24. The number of piperazine rings is 1. The van der Waals surface area contributed by atoms with E-state index >= 15 is 0 Å². The highest BCUT2D eigenvalue weighted by molar-refractivity contribution is 7.10. The number of benzene rings is 1. The zero-order chi connectivity index (χ0) is 22.1. The largest absolute Gasteiger partial charge is 0.438 e. The lowest BCUT2D eigenvalue weighted by Gasteiger charge is -2.34. The second-order valence-corrected chi connectivity index (χ2v) is 9.59. The first-order valence-corrected chi connectivity index (χ1v) is 11.9. The maximum absolute atomic E-state index is 13.4. The Kier molecular flexibility index (Phi) is 6.08. The van der Waals surface area contributed by atoms with Gasteiger partial charge in [0, 0.05) is 57.1 Å². The van der Waals surface area contributed by atoms with E-state index in [1.54, 1.807) is 23.5 Å². The average Bonchev–Trinajstić information content (AvgIpc) is 3.20. The molecule has 3 aromatic rings. The Morgan fingerprint density at radius 3 is 2.53 bits per heavy atom. The van der Waals surface area contributed by atoms with Crippen molar-refractivity contribution in [3.63, 3.8) is 0 Å². The van der Waals surface area contributed by atoms with Crippen molar-refractivity contribution in [2.45, 2.75) is 26.4 Å². The number of halogens is 1. The Labute approximate surface area is 192 Å². The van der Waals surface area contributed by atoms with E-state index in [1.807, 2.05) is 0 Å². The molecule has 0 saturated carbocycles. The number of fused-ring (bicyclic) bond motifs is 1. The van der Waals surface area contributed by atoms with E-state index in [-0.39, 0.29) is 5.82 Å². The van der Waals surface area contributed by atoms with Crippen LogP contribution in [0.3, 0.4) is 0 Å². The predicted molar refractivity (Wildman–Crippen MR) is 125 cm³/mol. The molecule has 2 aliphatic rings. The molecule has 4 heterocycles. The average molecular weight is 454 g/mol. The van der Waals surface area contributed by atoms with E-state index in [2.05, 4.69) is 40.1 Å². The fourth-order valence-corrected chi connectivity index (χ4v) is 5.13. The molecule has 1 fully saturated rings. The highest BCUT2D eigenvalue weighted by Crippen LogP contribution is 2.32. The molecule has 1 aromatic carbocycles. The van der Waals surface area contributed by atoms with Crippen molar-refractivity contribution in [1.29, 1.82) is 0 Å². The van der Waals surface area contributed by atoms with Gasteiger partial charge in [-0.25, -0.2) is 9.37 Å². The quantitative estimate of drug-likeness (QED) is 0.580. The summed E-state index contributed by atoms with van der Waals surface area (Å²) in [4.78, 5) is 18.2. The molecule has 0 atom stereocenters. The lowest BCUT2D eigenvalue weighted by molar-refractivity contribution is 0.239. The Bertz CT molecular complexity index is 1080. The zero-order valence-electron chi connectivity index (χ0n) is 18.6. The van der Waals surface area contributed by atoms with E-state index in [9.17, 15) is 4.39 Å². The molecule has 5 rings (SSSR count). The van der Waals surface area contributed by atoms with Gasteiger partial charge in [0.05, 0.1) is 11.3 Å². The van der Waals surface area contributed by atoms with Crippen LogP contribution in [-0.2, 0) is 19.5 Å². The summed E-state index contributed by atoms with van der Waals surface area (Å²) in [5.41, 5.74) is 3.43. The molecule has 2 aliphatic heterocycles. The van der Waals surface area contributed by atoms with Gasteiger partial charge >= 0.3 is 0 Å². The fourth-order valence-electron chi connectivity index (χ4n) is 4.18. The van der Waals surface area contributed by atoms with Gasteiger partial charge in [0.15, 0.2) is 0 Å². The molecule has 0 unspecified atom stereocenters. The molecule has 8 heteroatoms. The number of rotatable bonds is 5. The van der Waals surface area contributed by atoms with Gasteiger partial charge in [0.25, 0.3) is 0 Å². The maximum Gasteiger partial charge on any atom is 0.228 e. The van der Waals surface area contributed by atoms with Crippen LogP contribution in [0.2, 0.25) is 0 Å². The Morgan fingerprint density at radius 1 is 1.03 bits per heavy atom. The first-order valence-electron chi connectivity index (χ1n) is 11.1. The summed E-state index contributed by atoms with van der Waals surface area (Å²) in [5.74, 6) is 1.63. The summed E-state index contributed by atoms with van der Waals surface area (Å²) >= 11 is 1.80. The van der Waals surface area contributed by atoms with Crippen LogP contribution in [0.4, 0.5) is 10.3 Å². The van der Waals surface area contributed by atoms with Gasteiger partial charge < -0.3 is 14.5 Å². The van der Waals surface area contributed by atoms with Gasteiger partial charge in [-0.3, -0.25) is 4.90 Å². The van der Waals surface area contributed by atoms with Crippen LogP contribution in [-0.4, -0.2) is 59.5 Å². The van der Waals surface area contributed by atoms with Crippen molar-refractivity contribution in [3.8, 4) is 11.6 Å². The minimum atomic E-state index is -0.280. The highest BCUT2D eigenvalue weighted by atomic mass is 32.1. The summed E-state index contributed by atoms with van der Waals surface area (Å²) in [6, 6.07) is 8.29. The predicted octanol–water partition coefficient (Wildman–Crippen LogP) is 4.09. The van der Waals surface area contributed by atoms with Gasteiger partial charge in [0.2, 0.25) is 11.8 Å². The summed E-state index contributed by atoms with van der Waals surface area (Å²) in [6.07, 6.45) is 0.864. The first kappa shape index (κ1) is 21.3. The van der Waals surface area contributed by atoms with Crippen molar-refractivity contribution in [1.82, 2.24) is 19.8 Å². The Hall–Kier alpha value is -2.55. The van der Waals surface area contributed by atoms with E-state index in [0.717, 1.165) is 69.4 Å². The summed E-state index contributed by atoms with van der Waals surface area (Å²) in [6.45, 7) is 8.55. The molecule has 0 aliphatic carbocycles. The molecule has 1 saturated heterocycles. The summed E-state index contributed by atoms with van der Waals surface area (Å²) < 4.78 is 19.6. The first-order chi connectivity index (χ1) is 15.5. The molecule has 168 valence electrons. The van der Waals surface area contributed by atoms with Crippen LogP contribution < -0.4 is 9.64 Å². The number of aromatic nitrogens is 2. The van der Waals surface area contributed by atoms with Gasteiger partial charge in [0.1, 0.15) is 11.6 Å². The number of hydrogen-bond donors (Lipinski definition) is 0. The number of ether oxygens (including phenoxy) is 1. The van der Waals surface area contributed by atoms with Crippen LogP contribution in [0.1, 0.15) is 21.7 Å². The third kappa shape index (κ3) is 4.62. The number of aryl methyl sites for hydroxylation is 1. The third-order valence-corrected chi connectivity index (χ3v) is 7.25. The zero-order valence-corrected chi connectivity index (χ0v) is 19.4. The molecular weight excluding hydrogens is 425 g/mol. The van der Waals surface area contributed by atoms with Crippen LogP contribution in [0.15, 0.2) is 35.7 Å². The summed E-state index contributed by atoms with van der Waals surface area (Å²) in [7, 11) is 2.14. The number of anilines is 1. The van der Waals surface area contributed by atoms with Gasteiger partial charge in [-0.2, -0.15) is 4.98 Å². The van der Waals surface area contributed by atoms with E-state index < -0.39 is 0 Å². The highest BCUT2D eigenvalue weighted by Gasteiger charge is 2.27. The lowest BCUT2D eigenvalue weighted by Crippen LogP contribution is -2.45. The van der Waals surface area contributed by atoms with E-state index in [1.165, 1.54) is 22.6 Å². The van der Waals surface area contributed by atoms with Crippen LogP contribution in [0.25, 0.3) is 0 Å². The number of thiophene rings is 1. The van der Waals surface area contributed by atoms with Gasteiger partial charge in [-0.05, 0) is 55.2 Å². The molecule has 32 heavy (non-hydrogen) atoms. The second kappa shape index (κ2) is 9.13. The lowest BCUT2D eigenvalue weighted by atomic mass is 10.1. The van der Waals surface area contributed by atoms with Crippen molar-refractivity contribution in [2.75, 3.05) is 44.7 Å². The Morgan fingerprint density at radius 2 is 1.81 bits per heavy atom. The molecule has 6 nitrogen and oxygen atoms in total. The smallest absolute Gasteiger partial charge is 0.228 e. The summed E-state index contributed by atoms with van der Waals surface area (Å²) in [5, 5.41) is 2.15. The normalized spacial score (nSPS) is 17.4. The van der Waals surface area contributed by atoms with Crippen LogP contribution >= 0.6 is 11.3 Å². The molecule has 0 amide bonds. The second-order valence-electron chi connectivity index (χ2n) is 8.59. The van der Waals surface area contributed by atoms with Crippen LogP contribution in [0, 0.1) is 12.7 Å². The minimum Gasteiger partial charge on any atom is -0.438 e. The molecule has 2 aromatic heterocycles. The fraction of sp³-hybridized carbons (Fsp3) is 0.417. The molecule has 0 bridgehead atoms. The van der Waals surface area contributed by atoms with E-state index in [0.29, 0.717) is 11.6 Å². The number of hydrogen-bond acceptors (Lipinski definition) is 7. The Balaban J connectivity index is 1.45. The SMILES string of the molecule is Cc1ccsc1CN1CCc2nc(N3CCN(C)CC3)nc(Oc3ccc(F)cc3)c2C1. The molecule has 0 N–H and O–H groups in total. The number of nitrogens with zero attached hydrogens (tertiary/aromatic N) is 5. The van der Waals surface area contributed by atoms with Crippen molar-refractivity contribution in [3.05, 3.63) is 63.2 Å². The van der Waals surface area contributed by atoms with Crippen LogP contribution in [0.5, 0.6) is 11.6 Å². The van der Waals surface area contributed by atoms with Crippen molar-refractivity contribution in [2.24, 2.45) is 0 Å². The maximum atomic E-state index is 13.4. The minimum absolute atomic E-state index is 0.280. The van der Waals surface area contributed by atoms with Gasteiger partial charge in [-0.1, -0.05) is 0 Å².